The van der Waals surface area contributed by atoms with Crippen LogP contribution in [0.5, 0.6) is 0 Å². The molecule has 2 nitrogen and oxygen atoms in total. The zero-order valence-electron chi connectivity index (χ0n) is 9.91. The number of hydrogen-bond acceptors (Lipinski definition) is 2. The predicted molar refractivity (Wildman–Crippen MR) is 71.6 cm³/mol. The highest BCUT2D eigenvalue weighted by Gasteiger charge is 2.23. The SMILES string of the molecule is CN(C)C(CNC1CC1)c1ccc(Br)cc1. The van der Waals surface area contributed by atoms with Gasteiger partial charge in [-0.15, -0.1) is 0 Å². The third kappa shape index (κ3) is 3.30. The molecular formula is C13H19BrN2. The molecule has 1 fully saturated rings. The van der Waals surface area contributed by atoms with Crippen LogP contribution in [0.3, 0.4) is 0 Å². The van der Waals surface area contributed by atoms with Gasteiger partial charge in [-0.25, -0.2) is 0 Å². The van der Waals surface area contributed by atoms with Crippen molar-refractivity contribution in [3.63, 3.8) is 0 Å². The Balaban J connectivity index is 2.01. The van der Waals surface area contributed by atoms with E-state index in [1.165, 1.54) is 18.4 Å². The summed E-state index contributed by atoms with van der Waals surface area (Å²) in [5, 5.41) is 3.60. The van der Waals surface area contributed by atoms with Crippen molar-refractivity contribution in [3.05, 3.63) is 34.3 Å². The van der Waals surface area contributed by atoms with Crippen molar-refractivity contribution in [2.45, 2.75) is 24.9 Å². The molecule has 0 aromatic heterocycles. The summed E-state index contributed by atoms with van der Waals surface area (Å²) < 4.78 is 1.14. The maximum Gasteiger partial charge on any atom is 0.0466 e. The minimum atomic E-state index is 0.466. The van der Waals surface area contributed by atoms with E-state index in [2.05, 4.69) is 64.5 Å². The molecular weight excluding hydrogens is 264 g/mol. The van der Waals surface area contributed by atoms with Crippen LogP contribution in [0.1, 0.15) is 24.4 Å². The summed E-state index contributed by atoms with van der Waals surface area (Å²) in [6, 6.07) is 9.87. The van der Waals surface area contributed by atoms with Crippen molar-refractivity contribution < 1.29 is 0 Å². The molecule has 1 N–H and O–H groups in total. The van der Waals surface area contributed by atoms with E-state index in [0.717, 1.165) is 17.1 Å². The molecule has 1 aliphatic carbocycles. The van der Waals surface area contributed by atoms with E-state index >= 15 is 0 Å². The lowest BCUT2D eigenvalue weighted by Crippen LogP contribution is -2.32. The summed E-state index contributed by atoms with van der Waals surface area (Å²) in [5.74, 6) is 0. The molecule has 0 amide bonds. The van der Waals surface area contributed by atoms with Crippen molar-refractivity contribution in [1.82, 2.24) is 10.2 Å². The fourth-order valence-electron chi connectivity index (χ4n) is 1.85. The lowest BCUT2D eigenvalue weighted by molar-refractivity contribution is 0.288. The second-order valence-corrected chi connectivity index (χ2v) is 5.63. The molecule has 0 radical (unpaired) electrons. The quantitative estimate of drug-likeness (QED) is 0.894. The number of halogens is 1. The second kappa shape index (κ2) is 5.30. The van der Waals surface area contributed by atoms with E-state index in [1.54, 1.807) is 0 Å². The molecule has 1 saturated carbocycles. The maximum absolute atomic E-state index is 3.60. The molecule has 1 aromatic carbocycles. The Labute approximate surface area is 106 Å². The second-order valence-electron chi connectivity index (χ2n) is 4.71. The van der Waals surface area contributed by atoms with Crippen LogP contribution in [0.25, 0.3) is 0 Å². The zero-order chi connectivity index (χ0) is 11.5. The van der Waals surface area contributed by atoms with Crippen molar-refractivity contribution in [2.75, 3.05) is 20.6 Å². The van der Waals surface area contributed by atoms with E-state index < -0.39 is 0 Å². The smallest absolute Gasteiger partial charge is 0.0466 e. The maximum atomic E-state index is 3.60. The van der Waals surface area contributed by atoms with Gasteiger partial charge in [-0.2, -0.15) is 0 Å². The van der Waals surface area contributed by atoms with E-state index in [-0.39, 0.29) is 0 Å². The Morgan fingerprint density at radius 2 is 1.94 bits per heavy atom. The van der Waals surface area contributed by atoms with Crippen LogP contribution in [0, 0.1) is 0 Å². The van der Waals surface area contributed by atoms with Gasteiger partial charge in [-0.3, -0.25) is 0 Å². The summed E-state index contributed by atoms with van der Waals surface area (Å²) in [5.41, 5.74) is 1.38. The molecule has 2 rings (SSSR count). The van der Waals surface area contributed by atoms with Crippen molar-refractivity contribution >= 4 is 15.9 Å². The van der Waals surface area contributed by atoms with Crippen molar-refractivity contribution in [1.29, 1.82) is 0 Å². The van der Waals surface area contributed by atoms with Crippen molar-refractivity contribution in [3.8, 4) is 0 Å². The van der Waals surface area contributed by atoms with E-state index in [4.69, 9.17) is 0 Å². The minimum Gasteiger partial charge on any atom is -0.312 e. The van der Waals surface area contributed by atoms with E-state index in [9.17, 15) is 0 Å². The molecule has 1 unspecified atom stereocenters. The fraction of sp³-hybridized carbons (Fsp3) is 0.538. The van der Waals surface area contributed by atoms with Gasteiger partial charge in [0.1, 0.15) is 0 Å². The summed E-state index contributed by atoms with van der Waals surface area (Å²) >= 11 is 3.47. The molecule has 16 heavy (non-hydrogen) atoms. The van der Waals surface area contributed by atoms with Gasteiger partial charge in [0, 0.05) is 23.1 Å². The standard InChI is InChI=1S/C13H19BrN2/c1-16(2)13(9-15-12-7-8-12)10-3-5-11(14)6-4-10/h3-6,12-13,15H,7-9H2,1-2H3. The van der Waals surface area contributed by atoms with Crippen LogP contribution in [-0.4, -0.2) is 31.6 Å². The van der Waals surface area contributed by atoms with Crippen LogP contribution >= 0.6 is 15.9 Å². The van der Waals surface area contributed by atoms with Crippen LogP contribution in [-0.2, 0) is 0 Å². The topological polar surface area (TPSA) is 15.3 Å². The molecule has 0 heterocycles. The van der Waals surface area contributed by atoms with Gasteiger partial charge in [0.25, 0.3) is 0 Å². The fourth-order valence-corrected chi connectivity index (χ4v) is 2.11. The number of hydrogen-bond donors (Lipinski definition) is 1. The van der Waals surface area contributed by atoms with Crippen molar-refractivity contribution in [2.24, 2.45) is 0 Å². The molecule has 1 atom stereocenters. The van der Waals surface area contributed by atoms with E-state index in [0.29, 0.717) is 6.04 Å². The first-order chi connectivity index (χ1) is 7.66. The average molecular weight is 283 g/mol. The third-order valence-electron chi connectivity index (χ3n) is 3.06. The van der Waals surface area contributed by atoms with Crippen LogP contribution < -0.4 is 5.32 Å². The van der Waals surface area contributed by atoms with Crippen LogP contribution in [0.2, 0.25) is 0 Å². The Kier molecular flexibility index (Phi) is 4.00. The summed E-state index contributed by atoms with van der Waals surface area (Å²) in [4.78, 5) is 2.28. The zero-order valence-corrected chi connectivity index (χ0v) is 11.5. The van der Waals surface area contributed by atoms with Crippen LogP contribution in [0.4, 0.5) is 0 Å². The number of benzene rings is 1. The molecule has 1 aromatic rings. The lowest BCUT2D eigenvalue weighted by Gasteiger charge is -2.25. The molecule has 3 heteroatoms. The summed E-state index contributed by atoms with van der Waals surface area (Å²) in [7, 11) is 4.28. The molecule has 88 valence electrons. The van der Waals surface area contributed by atoms with Gasteiger partial charge in [0.15, 0.2) is 0 Å². The largest absolute Gasteiger partial charge is 0.312 e. The van der Waals surface area contributed by atoms with Gasteiger partial charge in [-0.05, 0) is 44.6 Å². The molecule has 0 saturated heterocycles. The summed E-state index contributed by atoms with van der Waals surface area (Å²) in [6.45, 7) is 1.04. The molecule has 0 spiro atoms. The Hall–Kier alpha value is -0.380. The number of nitrogens with zero attached hydrogens (tertiary/aromatic N) is 1. The lowest BCUT2D eigenvalue weighted by atomic mass is 10.1. The Morgan fingerprint density at radius 3 is 2.44 bits per heavy atom. The normalized spacial score (nSPS) is 17.8. The molecule has 0 bridgehead atoms. The first kappa shape index (κ1) is 12.1. The van der Waals surface area contributed by atoms with Gasteiger partial charge in [-0.1, -0.05) is 28.1 Å². The average Bonchev–Trinajstić information content (AvgIpc) is 3.04. The summed E-state index contributed by atoms with van der Waals surface area (Å²) in [6.07, 6.45) is 2.70. The first-order valence-corrected chi connectivity index (χ1v) is 6.61. The van der Waals surface area contributed by atoms with Gasteiger partial charge in [0.2, 0.25) is 0 Å². The molecule has 0 aliphatic heterocycles. The van der Waals surface area contributed by atoms with Gasteiger partial charge < -0.3 is 10.2 Å². The monoisotopic (exact) mass is 282 g/mol. The predicted octanol–water partition coefficient (Wildman–Crippen LogP) is 2.80. The highest BCUT2D eigenvalue weighted by molar-refractivity contribution is 9.10. The van der Waals surface area contributed by atoms with Gasteiger partial charge >= 0.3 is 0 Å². The number of nitrogens with one attached hydrogen (secondary N) is 1. The van der Waals surface area contributed by atoms with Gasteiger partial charge in [0.05, 0.1) is 0 Å². The highest BCUT2D eigenvalue weighted by atomic mass is 79.9. The highest BCUT2D eigenvalue weighted by Crippen LogP contribution is 2.23. The first-order valence-electron chi connectivity index (χ1n) is 5.82. The number of rotatable bonds is 5. The molecule has 1 aliphatic rings. The Morgan fingerprint density at radius 1 is 1.31 bits per heavy atom. The van der Waals surface area contributed by atoms with E-state index in [1.807, 2.05) is 0 Å². The minimum absolute atomic E-state index is 0.466. The number of likely N-dealkylation sites (N-methyl/N-ethyl adjacent to an activating group) is 1. The third-order valence-corrected chi connectivity index (χ3v) is 3.58. The van der Waals surface area contributed by atoms with Crippen LogP contribution in [0.15, 0.2) is 28.7 Å². The Bertz CT molecular complexity index is 330.